The van der Waals surface area contributed by atoms with Crippen LogP contribution in [-0.4, -0.2) is 53.1 Å². The van der Waals surface area contributed by atoms with E-state index in [1.54, 1.807) is 0 Å². The van der Waals surface area contributed by atoms with Crippen LogP contribution in [0.2, 0.25) is 0 Å². The van der Waals surface area contributed by atoms with E-state index in [0.29, 0.717) is 18.9 Å². The van der Waals surface area contributed by atoms with E-state index in [9.17, 15) is 4.79 Å². The zero-order valence-electron chi connectivity index (χ0n) is 10.1. The van der Waals surface area contributed by atoms with E-state index in [4.69, 9.17) is 14.9 Å². The van der Waals surface area contributed by atoms with Crippen molar-refractivity contribution < 1.29 is 19.7 Å². The van der Waals surface area contributed by atoms with Crippen molar-refractivity contribution in [3.8, 4) is 0 Å². The SMILES string of the molecule is CC1CN(c2cc(C(=O)O)ccn2)CC(CO)O1. The highest BCUT2D eigenvalue weighted by Gasteiger charge is 2.25. The summed E-state index contributed by atoms with van der Waals surface area (Å²) in [7, 11) is 0. The second-order valence-electron chi connectivity index (χ2n) is 4.36. The van der Waals surface area contributed by atoms with Crippen LogP contribution in [0.5, 0.6) is 0 Å². The molecule has 2 unspecified atom stereocenters. The molecule has 2 heterocycles. The third kappa shape index (κ3) is 2.77. The Morgan fingerprint density at radius 1 is 1.61 bits per heavy atom. The van der Waals surface area contributed by atoms with Gasteiger partial charge >= 0.3 is 5.97 Å². The van der Waals surface area contributed by atoms with Crippen LogP contribution < -0.4 is 4.90 Å². The number of carboxylic acid groups (broad SMARTS) is 1. The molecule has 1 fully saturated rings. The van der Waals surface area contributed by atoms with Gasteiger partial charge in [0.2, 0.25) is 0 Å². The number of aromatic nitrogens is 1. The van der Waals surface area contributed by atoms with Gasteiger partial charge in [0.05, 0.1) is 24.4 Å². The summed E-state index contributed by atoms with van der Waals surface area (Å²) >= 11 is 0. The highest BCUT2D eigenvalue weighted by molar-refractivity contribution is 5.88. The number of carboxylic acids is 1. The van der Waals surface area contributed by atoms with Crippen LogP contribution in [0.3, 0.4) is 0 Å². The summed E-state index contributed by atoms with van der Waals surface area (Å²) in [5, 5.41) is 18.1. The van der Waals surface area contributed by atoms with Crippen molar-refractivity contribution >= 4 is 11.8 Å². The van der Waals surface area contributed by atoms with Crippen molar-refractivity contribution in [1.82, 2.24) is 4.98 Å². The summed E-state index contributed by atoms with van der Waals surface area (Å²) in [6.07, 6.45) is 1.20. The fraction of sp³-hybridized carbons (Fsp3) is 0.500. The van der Waals surface area contributed by atoms with E-state index in [0.717, 1.165) is 0 Å². The Hall–Kier alpha value is -1.66. The maximum absolute atomic E-state index is 10.9. The molecule has 2 rings (SSSR count). The Morgan fingerprint density at radius 2 is 2.39 bits per heavy atom. The molecule has 98 valence electrons. The number of ether oxygens (including phenoxy) is 1. The lowest BCUT2D eigenvalue weighted by atomic mass is 10.2. The van der Waals surface area contributed by atoms with Gasteiger partial charge in [-0.1, -0.05) is 0 Å². The lowest BCUT2D eigenvalue weighted by Crippen LogP contribution is -2.48. The van der Waals surface area contributed by atoms with Crippen molar-refractivity contribution in [3.05, 3.63) is 23.9 Å². The number of aliphatic hydroxyl groups excluding tert-OH is 1. The molecule has 18 heavy (non-hydrogen) atoms. The van der Waals surface area contributed by atoms with Gasteiger partial charge in [0.25, 0.3) is 0 Å². The average molecular weight is 252 g/mol. The Morgan fingerprint density at radius 3 is 3.06 bits per heavy atom. The molecule has 0 aromatic carbocycles. The predicted octanol–water partition coefficient (Wildman–Crippen LogP) is 0.366. The predicted molar refractivity (Wildman–Crippen MR) is 64.8 cm³/mol. The molecule has 2 atom stereocenters. The first-order valence-corrected chi connectivity index (χ1v) is 5.80. The zero-order valence-corrected chi connectivity index (χ0v) is 10.1. The number of anilines is 1. The van der Waals surface area contributed by atoms with Gasteiger partial charge in [0, 0.05) is 19.3 Å². The van der Waals surface area contributed by atoms with Gasteiger partial charge in [0.1, 0.15) is 5.82 Å². The molecular formula is C12H16N2O4. The Balaban J connectivity index is 2.19. The minimum absolute atomic E-state index is 0.0221. The number of nitrogens with zero attached hydrogens (tertiary/aromatic N) is 2. The van der Waals surface area contributed by atoms with E-state index in [2.05, 4.69) is 4.98 Å². The van der Waals surface area contributed by atoms with Crippen LogP contribution in [0, 0.1) is 0 Å². The summed E-state index contributed by atoms with van der Waals surface area (Å²) in [6, 6.07) is 2.99. The van der Waals surface area contributed by atoms with Crippen molar-refractivity contribution in [2.75, 3.05) is 24.6 Å². The second-order valence-corrected chi connectivity index (χ2v) is 4.36. The average Bonchev–Trinajstić information content (AvgIpc) is 2.38. The molecule has 0 saturated carbocycles. The zero-order chi connectivity index (χ0) is 13.1. The monoisotopic (exact) mass is 252 g/mol. The highest BCUT2D eigenvalue weighted by Crippen LogP contribution is 2.19. The Bertz CT molecular complexity index is 438. The number of aromatic carboxylic acids is 1. The molecule has 1 aromatic heterocycles. The Kier molecular flexibility index (Phi) is 3.78. The van der Waals surface area contributed by atoms with E-state index in [1.165, 1.54) is 18.3 Å². The quantitative estimate of drug-likeness (QED) is 0.808. The van der Waals surface area contributed by atoms with Crippen LogP contribution >= 0.6 is 0 Å². The van der Waals surface area contributed by atoms with Crippen LogP contribution in [0.1, 0.15) is 17.3 Å². The molecule has 2 N–H and O–H groups in total. The van der Waals surface area contributed by atoms with Crippen LogP contribution in [-0.2, 0) is 4.74 Å². The summed E-state index contributed by atoms with van der Waals surface area (Å²) in [5.74, 6) is -0.373. The molecule has 0 amide bonds. The number of pyridine rings is 1. The Labute approximate surface area is 105 Å². The third-order valence-corrected chi connectivity index (χ3v) is 2.85. The van der Waals surface area contributed by atoms with E-state index >= 15 is 0 Å². The number of carbonyl (C=O) groups is 1. The molecule has 0 aliphatic carbocycles. The third-order valence-electron chi connectivity index (χ3n) is 2.85. The minimum atomic E-state index is -0.973. The van der Waals surface area contributed by atoms with E-state index in [-0.39, 0.29) is 24.4 Å². The molecular weight excluding hydrogens is 236 g/mol. The largest absolute Gasteiger partial charge is 0.478 e. The fourth-order valence-electron chi connectivity index (χ4n) is 2.06. The lowest BCUT2D eigenvalue weighted by molar-refractivity contribution is -0.0423. The molecule has 1 saturated heterocycles. The normalized spacial score (nSPS) is 24.0. The molecule has 6 nitrogen and oxygen atoms in total. The standard InChI is InChI=1S/C12H16N2O4/c1-8-5-14(6-10(7-15)18-8)11-4-9(12(16)17)2-3-13-11/h2-4,8,10,15H,5-7H2,1H3,(H,16,17). The van der Waals surface area contributed by atoms with Gasteiger partial charge < -0.3 is 19.8 Å². The van der Waals surface area contributed by atoms with Gasteiger partial charge in [-0.3, -0.25) is 0 Å². The van der Waals surface area contributed by atoms with Crippen molar-refractivity contribution in [2.45, 2.75) is 19.1 Å². The van der Waals surface area contributed by atoms with Crippen molar-refractivity contribution in [3.63, 3.8) is 0 Å². The van der Waals surface area contributed by atoms with E-state index < -0.39 is 5.97 Å². The number of hydrogen-bond donors (Lipinski definition) is 2. The minimum Gasteiger partial charge on any atom is -0.478 e. The smallest absolute Gasteiger partial charge is 0.335 e. The molecule has 1 aromatic rings. The van der Waals surface area contributed by atoms with Gasteiger partial charge in [-0.15, -0.1) is 0 Å². The second kappa shape index (κ2) is 5.32. The van der Waals surface area contributed by atoms with Crippen LogP contribution in [0.4, 0.5) is 5.82 Å². The topological polar surface area (TPSA) is 82.9 Å². The van der Waals surface area contributed by atoms with Crippen LogP contribution in [0.15, 0.2) is 18.3 Å². The molecule has 1 aliphatic heterocycles. The van der Waals surface area contributed by atoms with Crippen molar-refractivity contribution in [2.24, 2.45) is 0 Å². The van der Waals surface area contributed by atoms with Crippen molar-refractivity contribution in [1.29, 1.82) is 0 Å². The first-order valence-electron chi connectivity index (χ1n) is 5.80. The summed E-state index contributed by atoms with van der Waals surface area (Å²) in [4.78, 5) is 17.0. The maximum Gasteiger partial charge on any atom is 0.335 e. The number of aliphatic hydroxyl groups is 1. The molecule has 0 bridgehead atoms. The van der Waals surface area contributed by atoms with Gasteiger partial charge in [-0.25, -0.2) is 9.78 Å². The number of rotatable bonds is 3. The van der Waals surface area contributed by atoms with E-state index in [1.807, 2.05) is 11.8 Å². The first kappa shape index (κ1) is 12.8. The molecule has 6 heteroatoms. The van der Waals surface area contributed by atoms with Crippen LogP contribution in [0.25, 0.3) is 0 Å². The lowest BCUT2D eigenvalue weighted by Gasteiger charge is -2.36. The van der Waals surface area contributed by atoms with Gasteiger partial charge in [0.15, 0.2) is 0 Å². The summed E-state index contributed by atoms with van der Waals surface area (Å²) in [6.45, 7) is 3.00. The fourth-order valence-corrected chi connectivity index (χ4v) is 2.06. The molecule has 1 aliphatic rings. The summed E-state index contributed by atoms with van der Waals surface area (Å²) < 4.78 is 5.53. The molecule has 0 spiro atoms. The van der Waals surface area contributed by atoms with Gasteiger partial charge in [-0.05, 0) is 19.1 Å². The maximum atomic E-state index is 10.9. The van der Waals surface area contributed by atoms with Gasteiger partial charge in [-0.2, -0.15) is 0 Å². The number of hydrogen-bond acceptors (Lipinski definition) is 5. The molecule has 0 radical (unpaired) electrons. The number of morpholine rings is 1. The summed E-state index contributed by atoms with van der Waals surface area (Å²) in [5.41, 5.74) is 0.208. The highest BCUT2D eigenvalue weighted by atomic mass is 16.5. The first-order chi connectivity index (χ1) is 8.60.